The van der Waals surface area contributed by atoms with Crippen LogP contribution in [0.25, 0.3) is 0 Å². The van der Waals surface area contributed by atoms with Crippen LogP contribution in [0.15, 0.2) is 0 Å². The summed E-state index contributed by atoms with van der Waals surface area (Å²) in [6.45, 7) is 8.60. The Bertz CT molecular complexity index is 604. The largest absolute Gasteiger partial charge is 0.395 e. The van der Waals surface area contributed by atoms with E-state index in [-0.39, 0.29) is 39.2 Å². The van der Waals surface area contributed by atoms with Crippen molar-refractivity contribution < 1.29 is 31.1 Å². The van der Waals surface area contributed by atoms with Crippen molar-refractivity contribution in [2.75, 3.05) is 32.8 Å². The van der Waals surface area contributed by atoms with Crippen molar-refractivity contribution in [1.29, 1.82) is 0 Å². The van der Waals surface area contributed by atoms with Crippen LogP contribution in [0.4, 0.5) is 26.3 Å². The summed E-state index contributed by atoms with van der Waals surface area (Å²) in [5.74, 6) is -3.35. The maximum Gasteiger partial charge on any atom is 0.395 e. The van der Waals surface area contributed by atoms with Gasteiger partial charge in [-0.2, -0.15) is 26.3 Å². The molecule has 0 aromatic heterocycles. The first-order valence-corrected chi connectivity index (χ1v) is 10.6. The van der Waals surface area contributed by atoms with Gasteiger partial charge < -0.3 is 16.2 Å². The van der Waals surface area contributed by atoms with E-state index < -0.39 is 53.5 Å². The molecule has 2 aliphatic rings. The van der Waals surface area contributed by atoms with Gasteiger partial charge in [-0.3, -0.25) is 9.80 Å². The Hall–Kier alpha value is -0.620. The number of halogens is 6. The summed E-state index contributed by atoms with van der Waals surface area (Å²) in [4.78, 5) is 3.26. The Balaban J connectivity index is 2.13. The van der Waals surface area contributed by atoms with Crippen molar-refractivity contribution in [2.45, 2.75) is 82.7 Å². The number of hydrogen-bond acceptors (Lipinski definition) is 5. The molecular formula is C20H36F6N4O. The highest BCUT2D eigenvalue weighted by Gasteiger charge is 2.53. The molecule has 5 atom stereocenters. The number of hydrogen-bond donors (Lipinski definition) is 2. The summed E-state index contributed by atoms with van der Waals surface area (Å²) in [6, 6.07) is -1.54. The third kappa shape index (κ3) is 6.69. The summed E-state index contributed by atoms with van der Waals surface area (Å²) < 4.78 is 87.0. The van der Waals surface area contributed by atoms with Gasteiger partial charge in [0.2, 0.25) is 0 Å². The Morgan fingerprint density at radius 2 is 1.39 bits per heavy atom. The molecule has 5 nitrogen and oxygen atoms in total. The molecule has 2 rings (SSSR count). The first-order chi connectivity index (χ1) is 13.8. The molecule has 2 saturated heterocycles. The van der Waals surface area contributed by atoms with Crippen LogP contribution in [0.5, 0.6) is 0 Å². The molecule has 11 heteroatoms. The van der Waals surface area contributed by atoms with Gasteiger partial charge in [-0.05, 0) is 41.0 Å². The lowest BCUT2D eigenvalue weighted by atomic mass is 9.87. The zero-order chi connectivity index (χ0) is 24.0. The van der Waals surface area contributed by atoms with E-state index in [4.69, 9.17) is 16.2 Å². The zero-order valence-electron chi connectivity index (χ0n) is 18.9. The average Bonchev–Trinajstić information content (AvgIpc) is 2.57. The van der Waals surface area contributed by atoms with Crippen molar-refractivity contribution in [3.63, 3.8) is 0 Å². The molecule has 4 N–H and O–H groups in total. The molecule has 0 amide bonds. The van der Waals surface area contributed by atoms with E-state index in [1.54, 1.807) is 23.6 Å². The maximum atomic E-state index is 13.8. The van der Waals surface area contributed by atoms with Gasteiger partial charge in [-0.1, -0.05) is 0 Å². The molecule has 2 aliphatic heterocycles. The topological polar surface area (TPSA) is 67.8 Å². The zero-order valence-corrected chi connectivity index (χ0v) is 18.9. The van der Waals surface area contributed by atoms with Crippen LogP contribution < -0.4 is 11.5 Å². The number of nitrogens with zero attached hydrogens (tertiary/aromatic N) is 2. The van der Waals surface area contributed by atoms with Gasteiger partial charge in [0.15, 0.2) is 0 Å². The second-order valence-corrected chi connectivity index (χ2v) is 10.6. The van der Waals surface area contributed by atoms with Crippen LogP contribution in [0.1, 0.15) is 41.0 Å². The Morgan fingerprint density at radius 1 is 0.806 bits per heavy atom. The van der Waals surface area contributed by atoms with Gasteiger partial charge in [-0.15, -0.1) is 0 Å². The highest BCUT2D eigenvalue weighted by Crippen LogP contribution is 2.38. The summed E-state index contributed by atoms with van der Waals surface area (Å²) >= 11 is 0. The second kappa shape index (κ2) is 8.96. The molecule has 0 bridgehead atoms. The molecule has 31 heavy (non-hydrogen) atoms. The number of likely N-dealkylation sites (tertiary alicyclic amines) is 2. The maximum absolute atomic E-state index is 13.8. The molecule has 0 saturated carbocycles. The minimum absolute atomic E-state index is 0.163. The lowest BCUT2D eigenvalue weighted by molar-refractivity contribution is -0.235. The van der Waals surface area contributed by atoms with Crippen molar-refractivity contribution in [3.8, 4) is 0 Å². The molecule has 0 aromatic carbocycles. The summed E-state index contributed by atoms with van der Waals surface area (Å²) in [5.41, 5.74) is 10.5. The fraction of sp³-hybridized carbons (Fsp3) is 1.00. The van der Waals surface area contributed by atoms with Crippen LogP contribution in [0.2, 0.25) is 0 Å². The lowest BCUT2D eigenvalue weighted by Crippen LogP contribution is -2.65. The summed E-state index contributed by atoms with van der Waals surface area (Å²) in [6.07, 6.45) is -10.3. The van der Waals surface area contributed by atoms with E-state index in [1.165, 1.54) is 0 Å². The van der Waals surface area contributed by atoms with Crippen LogP contribution in [0, 0.1) is 11.8 Å². The fourth-order valence-corrected chi connectivity index (χ4v) is 4.41. The molecule has 184 valence electrons. The molecule has 0 spiro atoms. The summed E-state index contributed by atoms with van der Waals surface area (Å²) in [5, 5.41) is 0. The normalized spacial score (nSPS) is 33.0. The summed E-state index contributed by atoms with van der Waals surface area (Å²) in [7, 11) is 0. The van der Waals surface area contributed by atoms with Crippen molar-refractivity contribution in [1.82, 2.24) is 9.80 Å². The van der Waals surface area contributed by atoms with E-state index in [2.05, 4.69) is 0 Å². The molecule has 0 aliphatic carbocycles. The van der Waals surface area contributed by atoms with Gasteiger partial charge in [0.05, 0.1) is 24.5 Å². The number of nitrogens with two attached hydrogens (primary N) is 2. The minimum atomic E-state index is -4.51. The highest BCUT2D eigenvalue weighted by atomic mass is 19.4. The monoisotopic (exact) mass is 462 g/mol. The fourth-order valence-electron chi connectivity index (χ4n) is 4.41. The van der Waals surface area contributed by atoms with Gasteiger partial charge in [0.25, 0.3) is 0 Å². The van der Waals surface area contributed by atoms with Crippen LogP contribution in [0.3, 0.4) is 0 Å². The number of ether oxygens (including phenoxy) is 1. The lowest BCUT2D eigenvalue weighted by Gasteiger charge is -2.49. The molecular weight excluding hydrogens is 426 g/mol. The van der Waals surface area contributed by atoms with Crippen molar-refractivity contribution in [2.24, 2.45) is 23.3 Å². The highest BCUT2D eigenvalue weighted by molar-refractivity contribution is 4.98. The Kier molecular flexibility index (Phi) is 7.70. The standard InChI is InChI=1S/C20H36F6N4O/c1-17(2,3)29-9-14(20(24,25)26)16(15(28)10-29)31-11-18(4,5)30-7-12(19(21,22)23)6-13(27)8-30/h12-16H,6-11,27-28H2,1-5H3/t12-,13+,14+,15-,16-/m1/s1. The Labute approximate surface area is 180 Å². The Morgan fingerprint density at radius 3 is 1.87 bits per heavy atom. The van der Waals surface area contributed by atoms with E-state index >= 15 is 0 Å². The van der Waals surface area contributed by atoms with Crippen molar-refractivity contribution >= 4 is 0 Å². The molecule has 2 fully saturated rings. The quantitative estimate of drug-likeness (QED) is 0.629. The second-order valence-electron chi connectivity index (χ2n) is 10.6. The first-order valence-electron chi connectivity index (χ1n) is 10.6. The van der Waals surface area contributed by atoms with E-state index in [0.717, 1.165) is 0 Å². The number of rotatable bonds is 4. The molecule has 0 aromatic rings. The van der Waals surface area contributed by atoms with Gasteiger partial charge in [0.1, 0.15) is 0 Å². The number of piperidine rings is 2. The van der Waals surface area contributed by atoms with E-state index in [9.17, 15) is 26.3 Å². The van der Waals surface area contributed by atoms with Crippen molar-refractivity contribution in [3.05, 3.63) is 0 Å². The van der Waals surface area contributed by atoms with Crippen LogP contribution in [-0.4, -0.2) is 84.2 Å². The third-order valence-corrected chi connectivity index (χ3v) is 6.47. The molecule has 2 heterocycles. The first kappa shape index (κ1) is 26.6. The molecule has 0 radical (unpaired) electrons. The van der Waals surface area contributed by atoms with Crippen LogP contribution in [-0.2, 0) is 4.74 Å². The SMILES string of the molecule is CC(C)(C)N1C[C@@H](N)[C@H](OCC(C)(C)N2C[C@@H](N)C[C@@H](C(F)(F)F)C2)[C@@H](C(F)(F)F)C1. The molecule has 0 unspecified atom stereocenters. The van der Waals surface area contributed by atoms with Crippen LogP contribution >= 0.6 is 0 Å². The van der Waals surface area contributed by atoms with Gasteiger partial charge >= 0.3 is 12.4 Å². The third-order valence-electron chi connectivity index (χ3n) is 6.47. The number of alkyl halides is 6. The van der Waals surface area contributed by atoms with Gasteiger partial charge in [-0.25, -0.2) is 0 Å². The predicted octanol–water partition coefficient (Wildman–Crippen LogP) is 2.98. The predicted molar refractivity (Wildman–Crippen MR) is 106 cm³/mol. The van der Waals surface area contributed by atoms with E-state index in [1.807, 2.05) is 20.8 Å². The average molecular weight is 463 g/mol. The minimum Gasteiger partial charge on any atom is -0.374 e. The smallest absolute Gasteiger partial charge is 0.374 e. The van der Waals surface area contributed by atoms with E-state index in [0.29, 0.717) is 0 Å². The van der Waals surface area contributed by atoms with Gasteiger partial charge in [0, 0.05) is 49.3 Å².